The Bertz CT molecular complexity index is 462. The summed E-state index contributed by atoms with van der Waals surface area (Å²) in [4.78, 5) is 20.0. The third-order valence-corrected chi connectivity index (χ3v) is 3.47. The van der Waals surface area contributed by atoms with Gasteiger partial charge in [0, 0.05) is 25.7 Å². The highest BCUT2D eigenvalue weighted by molar-refractivity contribution is 5.98. The Hall–Kier alpha value is -1.82. The molecule has 4 N–H and O–H groups in total. The molecule has 18 heavy (non-hydrogen) atoms. The first kappa shape index (κ1) is 12.6. The van der Waals surface area contributed by atoms with Crippen LogP contribution >= 0.6 is 0 Å². The molecule has 1 unspecified atom stereocenters. The Kier molecular flexibility index (Phi) is 3.38. The molecule has 0 radical (unpaired) electrons. The number of carbonyl (C=O) groups excluding carboxylic acids is 1. The quantitative estimate of drug-likeness (QED) is 0.764. The molecule has 0 aromatic carbocycles. The van der Waals surface area contributed by atoms with E-state index in [0.29, 0.717) is 17.3 Å². The lowest BCUT2D eigenvalue weighted by atomic mass is 10.1. The highest BCUT2D eigenvalue weighted by Gasteiger charge is 2.22. The second kappa shape index (κ2) is 4.81. The Balaban J connectivity index is 2.24. The van der Waals surface area contributed by atoms with Crippen molar-refractivity contribution < 1.29 is 4.79 Å². The van der Waals surface area contributed by atoms with Gasteiger partial charge in [0.2, 0.25) is 0 Å². The van der Waals surface area contributed by atoms with Gasteiger partial charge in [-0.25, -0.2) is 4.98 Å². The SMILES string of the molecule is CC1CN(c2cc(C(N)=O)c(N)cn2)CCN1C. The molecular weight excluding hydrogens is 230 g/mol. The van der Waals surface area contributed by atoms with Crippen LogP contribution in [0.3, 0.4) is 0 Å². The van der Waals surface area contributed by atoms with Gasteiger partial charge in [-0.3, -0.25) is 4.79 Å². The summed E-state index contributed by atoms with van der Waals surface area (Å²) >= 11 is 0. The van der Waals surface area contributed by atoms with Crippen LogP contribution in [0.1, 0.15) is 17.3 Å². The lowest BCUT2D eigenvalue weighted by Gasteiger charge is -2.38. The van der Waals surface area contributed by atoms with Crippen LogP contribution in [0.5, 0.6) is 0 Å². The predicted octanol–water partition coefficient (Wildman–Crippen LogP) is -0.0970. The summed E-state index contributed by atoms with van der Waals surface area (Å²) in [5.74, 6) is 0.247. The van der Waals surface area contributed by atoms with E-state index in [9.17, 15) is 4.79 Å². The van der Waals surface area contributed by atoms with Gasteiger partial charge in [-0.2, -0.15) is 0 Å². The lowest BCUT2D eigenvalue weighted by molar-refractivity contribution is 0.100. The maximum Gasteiger partial charge on any atom is 0.250 e. The predicted molar refractivity (Wildman–Crippen MR) is 71.5 cm³/mol. The number of aromatic nitrogens is 1. The van der Waals surface area contributed by atoms with E-state index in [-0.39, 0.29) is 0 Å². The largest absolute Gasteiger partial charge is 0.397 e. The molecule has 1 aliphatic heterocycles. The van der Waals surface area contributed by atoms with Crippen molar-refractivity contribution in [3.8, 4) is 0 Å². The molecule has 98 valence electrons. The Morgan fingerprint density at radius 3 is 2.83 bits per heavy atom. The molecule has 0 aliphatic carbocycles. The number of primary amides is 1. The number of piperazine rings is 1. The Labute approximate surface area is 107 Å². The van der Waals surface area contributed by atoms with E-state index < -0.39 is 5.91 Å². The molecule has 2 rings (SSSR count). The minimum absolute atomic E-state index is 0.327. The molecule has 1 aromatic heterocycles. The van der Waals surface area contributed by atoms with Gasteiger partial charge >= 0.3 is 0 Å². The van der Waals surface area contributed by atoms with Crippen LogP contribution in [0.25, 0.3) is 0 Å². The van der Waals surface area contributed by atoms with Crippen LogP contribution in [0, 0.1) is 0 Å². The van der Waals surface area contributed by atoms with E-state index >= 15 is 0 Å². The van der Waals surface area contributed by atoms with E-state index in [4.69, 9.17) is 11.5 Å². The van der Waals surface area contributed by atoms with Crippen LogP contribution in [-0.2, 0) is 0 Å². The van der Waals surface area contributed by atoms with Crippen molar-refractivity contribution in [2.24, 2.45) is 5.73 Å². The molecule has 1 atom stereocenters. The van der Waals surface area contributed by atoms with Crippen molar-refractivity contribution in [3.05, 3.63) is 17.8 Å². The summed E-state index contributed by atoms with van der Waals surface area (Å²) < 4.78 is 0. The molecule has 0 saturated carbocycles. The fourth-order valence-electron chi connectivity index (χ4n) is 2.10. The minimum atomic E-state index is -0.515. The summed E-state index contributed by atoms with van der Waals surface area (Å²) in [5.41, 5.74) is 11.6. The van der Waals surface area contributed by atoms with Crippen LogP contribution < -0.4 is 16.4 Å². The number of pyridine rings is 1. The number of hydrogen-bond acceptors (Lipinski definition) is 5. The van der Waals surface area contributed by atoms with Gasteiger partial charge in [0.05, 0.1) is 17.4 Å². The molecular formula is C12H19N5O. The number of nitrogens with two attached hydrogens (primary N) is 2. The first-order valence-electron chi connectivity index (χ1n) is 5.99. The van der Waals surface area contributed by atoms with Crippen molar-refractivity contribution in [1.29, 1.82) is 0 Å². The van der Waals surface area contributed by atoms with Gasteiger partial charge in [0.1, 0.15) is 5.82 Å². The van der Waals surface area contributed by atoms with Crippen LogP contribution in [0.4, 0.5) is 11.5 Å². The van der Waals surface area contributed by atoms with Gasteiger partial charge < -0.3 is 21.3 Å². The zero-order valence-corrected chi connectivity index (χ0v) is 10.8. The number of nitrogens with zero attached hydrogens (tertiary/aromatic N) is 3. The number of rotatable bonds is 2. The van der Waals surface area contributed by atoms with E-state index in [1.165, 1.54) is 6.20 Å². The highest BCUT2D eigenvalue weighted by atomic mass is 16.1. The second-order valence-corrected chi connectivity index (χ2v) is 4.77. The molecule has 2 heterocycles. The van der Waals surface area contributed by atoms with Gasteiger partial charge in [-0.15, -0.1) is 0 Å². The summed E-state index contributed by atoms with van der Waals surface area (Å²) in [7, 11) is 2.10. The minimum Gasteiger partial charge on any atom is -0.397 e. The summed E-state index contributed by atoms with van der Waals surface area (Å²) in [5, 5.41) is 0. The summed E-state index contributed by atoms with van der Waals surface area (Å²) in [6, 6.07) is 2.13. The molecule has 6 nitrogen and oxygen atoms in total. The van der Waals surface area contributed by atoms with Crippen molar-refractivity contribution in [2.75, 3.05) is 37.3 Å². The monoisotopic (exact) mass is 249 g/mol. The average Bonchev–Trinajstić information content (AvgIpc) is 2.33. The van der Waals surface area contributed by atoms with E-state index in [2.05, 4.69) is 28.8 Å². The van der Waals surface area contributed by atoms with E-state index in [1.807, 2.05) is 0 Å². The van der Waals surface area contributed by atoms with Gasteiger partial charge in [-0.1, -0.05) is 0 Å². The number of nitrogen functional groups attached to an aromatic ring is 1. The first-order valence-corrected chi connectivity index (χ1v) is 5.99. The normalized spacial score (nSPS) is 21.0. The standard InChI is InChI=1S/C12H19N5O/c1-8-7-17(4-3-16(8)2)11-5-9(12(14)18)10(13)6-15-11/h5-6,8H,3-4,7,13H2,1-2H3,(H2,14,18). The van der Waals surface area contributed by atoms with Gasteiger partial charge in [-0.05, 0) is 20.0 Å². The van der Waals surface area contributed by atoms with Crippen molar-refractivity contribution in [2.45, 2.75) is 13.0 Å². The lowest BCUT2D eigenvalue weighted by Crippen LogP contribution is -2.50. The highest BCUT2D eigenvalue weighted by Crippen LogP contribution is 2.20. The van der Waals surface area contributed by atoms with Crippen molar-refractivity contribution in [3.63, 3.8) is 0 Å². The van der Waals surface area contributed by atoms with Crippen molar-refractivity contribution >= 4 is 17.4 Å². The number of amides is 1. The molecule has 1 saturated heterocycles. The Morgan fingerprint density at radius 1 is 1.50 bits per heavy atom. The summed E-state index contributed by atoms with van der Waals surface area (Å²) in [6.45, 7) is 4.90. The summed E-state index contributed by atoms with van der Waals surface area (Å²) in [6.07, 6.45) is 1.50. The van der Waals surface area contributed by atoms with Gasteiger partial charge in [0.15, 0.2) is 0 Å². The molecule has 1 fully saturated rings. The average molecular weight is 249 g/mol. The van der Waals surface area contributed by atoms with E-state index in [0.717, 1.165) is 25.5 Å². The van der Waals surface area contributed by atoms with E-state index in [1.54, 1.807) is 6.07 Å². The third kappa shape index (κ3) is 2.38. The first-order chi connectivity index (χ1) is 8.49. The number of likely N-dealkylation sites (N-methyl/N-ethyl adjacent to an activating group) is 1. The van der Waals surface area contributed by atoms with Crippen LogP contribution in [-0.4, -0.2) is 48.5 Å². The fraction of sp³-hybridized carbons (Fsp3) is 0.500. The zero-order valence-electron chi connectivity index (χ0n) is 10.8. The van der Waals surface area contributed by atoms with Crippen LogP contribution in [0.2, 0.25) is 0 Å². The van der Waals surface area contributed by atoms with Gasteiger partial charge in [0.25, 0.3) is 5.91 Å². The number of carbonyl (C=O) groups is 1. The maximum absolute atomic E-state index is 11.3. The Morgan fingerprint density at radius 2 is 2.22 bits per heavy atom. The number of anilines is 2. The number of hydrogen-bond donors (Lipinski definition) is 2. The second-order valence-electron chi connectivity index (χ2n) is 4.77. The smallest absolute Gasteiger partial charge is 0.250 e. The third-order valence-electron chi connectivity index (χ3n) is 3.47. The molecule has 0 spiro atoms. The topological polar surface area (TPSA) is 88.5 Å². The molecule has 6 heteroatoms. The molecule has 1 amide bonds. The maximum atomic E-state index is 11.3. The molecule has 0 bridgehead atoms. The van der Waals surface area contributed by atoms with Crippen LogP contribution in [0.15, 0.2) is 12.3 Å². The fourth-order valence-corrected chi connectivity index (χ4v) is 2.10. The molecule has 1 aromatic rings. The molecule has 1 aliphatic rings. The zero-order chi connectivity index (χ0) is 13.3. The van der Waals surface area contributed by atoms with Crippen molar-refractivity contribution in [1.82, 2.24) is 9.88 Å².